The number of thiophene rings is 1. The number of hydrogen-bond acceptors (Lipinski definition) is 4. The van der Waals surface area contributed by atoms with Crippen LogP contribution in [0.5, 0.6) is 0 Å². The number of amides is 1. The van der Waals surface area contributed by atoms with E-state index in [-0.39, 0.29) is 18.1 Å². The van der Waals surface area contributed by atoms with Crippen molar-refractivity contribution in [2.45, 2.75) is 31.9 Å². The summed E-state index contributed by atoms with van der Waals surface area (Å²) in [7, 11) is 0. The van der Waals surface area contributed by atoms with Gasteiger partial charge in [0.25, 0.3) is 5.91 Å². The lowest BCUT2D eigenvalue weighted by Gasteiger charge is -2.47. The van der Waals surface area contributed by atoms with Crippen molar-refractivity contribution in [1.29, 1.82) is 0 Å². The first kappa shape index (κ1) is 16.8. The molecule has 1 amide bonds. The Kier molecular flexibility index (Phi) is 4.63. The van der Waals surface area contributed by atoms with Crippen molar-refractivity contribution in [3.05, 3.63) is 52.2 Å². The fourth-order valence-corrected chi connectivity index (χ4v) is 4.70. The molecule has 2 aromatic rings. The number of ether oxygens (including phenoxy) is 1. The van der Waals surface area contributed by atoms with Gasteiger partial charge in [-0.15, -0.1) is 11.3 Å². The van der Waals surface area contributed by atoms with Crippen LogP contribution in [0.2, 0.25) is 0 Å². The topological polar surface area (TPSA) is 32.8 Å². The minimum Gasteiger partial charge on any atom is -0.363 e. The number of morpholine rings is 1. The second kappa shape index (κ2) is 6.90. The molecule has 5 heteroatoms. The van der Waals surface area contributed by atoms with Gasteiger partial charge in [-0.25, -0.2) is 0 Å². The standard InChI is InChI=1S/C20H24N2O2S/c1-16-7-12-25-18(16)13-21-10-8-20(9-11-21)15-22(19(23)14-24-20)17-5-3-2-4-6-17/h2-7,12H,8-11,13-15H2,1H3. The first-order valence-electron chi connectivity index (χ1n) is 8.90. The maximum absolute atomic E-state index is 12.3. The molecule has 1 aromatic heterocycles. The highest BCUT2D eigenvalue weighted by atomic mass is 32.1. The molecule has 0 bridgehead atoms. The third kappa shape index (κ3) is 3.50. The van der Waals surface area contributed by atoms with Gasteiger partial charge in [0.05, 0.1) is 12.1 Å². The molecule has 0 aliphatic carbocycles. The van der Waals surface area contributed by atoms with E-state index in [0.29, 0.717) is 6.54 Å². The molecule has 0 N–H and O–H groups in total. The Balaban J connectivity index is 1.42. The van der Waals surface area contributed by atoms with Crippen molar-refractivity contribution < 1.29 is 9.53 Å². The second-order valence-corrected chi connectivity index (χ2v) is 8.09. The molecule has 0 unspecified atom stereocenters. The number of hydrogen-bond donors (Lipinski definition) is 0. The molecule has 2 aliphatic heterocycles. The number of rotatable bonds is 3. The van der Waals surface area contributed by atoms with Gasteiger partial charge in [0, 0.05) is 30.2 Å². The van der Waals surface area contributed by atoms with Gasteiger partial charge in [0.2, 0.25) is 0 Å². The number of aryl methyl sites for hydroxylation is 1. The number of nitrogens with zero attached hydrogens (tertiary/aromatic N) is 2. The summed E-state index contributed by atoms with van der Waals surface area (Å²) >= 11 is 1.84. The van der Waals surface area contributed by atoms with Gasteiger partial charge in [-0.3, -0.25) is 9.69 Å². The second-order valence-electron chi connectivity index (χ2n) is 7.09. The van der Waals surface area contributed by atoms with Gasteiger partial charge in [-0.05, 0) is 48.9 Å². The van der Waals surface area contributed by atoms with Crippen LogP contribution < -0.4 is 4.90 Å². The summed E-state index contributed by atoms with van der Waals surface area (Å²) in [6, 6.07) is 12.2. The highest BCUT2D eigenvalue weighted by molar-refractivity contribution is 7.10. The number of anilines is 1. The highest BCUT2D eigenvalue weighted by Crippen LogP contribution is 2.33. The summed E-state index contributed by atoms with van der Waals surface area (Å²) in [6.07, 6.45) is 1.96. The van der Waals surface area contributed by atoms with Gasteiger partial charge in [0.1, 0.15) is 6.61 Å². The predicted octanol–water partition coefficient (Wildman–Crippen LogP) is 3.45. The van der Waals surface area contributed by atoms with E-state index >= 15 is 0 Å². The van der Waals surface area contributed by atoms with Crippen molar-refractivity contribution in [3.8, 4) is 0 Å². The third-order valence-electron chi connectivity index (χ3n) is 5.42. The van der Waals surface area contributed by atoms with E-state index in [0.717, 1.165) is 38.2 Å². The van der Waals surface area contributed by atoms with Gasteiger partial charge in [-0.2, -0.15) is 0 Å². The third-order valence-corrected chi connectivity index (χ3v) is 6.43. The average Bonchev–Trinajstić information content (AvgIpc) is 3.05. The Morgan fingerprint density at radius 2 is 1.92 bits per heavy atom. The lowest BCUT2D eigenvalue weighted by molar-refractivity contribution is -0.144. The Morgan fingerprint density at radius 3 is 2.60 bits per heavy atom. The lowest BCUT2D eigenvalue weighted by Crippen LogP contribution is -2.58. The minimum absolute atomic E-state index is 0.0634. The van der Waals surface area contributed by atoms with E-state index in [9.17, 15) is 4.79 Å². The maximum atomic E-state index is 12.3. The smallest absolute Gasteiger partial charge is 0.253 e. The predicted molar refractivity (Wildman–Crippen MR) is 101 cm³/mol. The molecule has 0 saturated carbocycles. The Labute approximate surface area is 153 Å². The van der Waals surface area contributed by atoms with E-state index < -0.39 is 0 Å². The summed E-state index contributed by atoms with van der Waals surface area (Å²) in [6.45, 7) is 6.12. The maximum Gasteiger partial charge on any atom is 0.253 e. The van der Waals surface area contributed by atoms with Crippen LogP contribution in [0.1, 0.15) is 23.3 Å². The van der Waals surface area contributed by atoms with Crippen molar-refractivity contribution >= 4 is 22.9 Å². The molecule has 0 atom stereocenters. The molecule has 25 heavy (non-hydrogen) atoms. The first-order valence-corrected chi connectivity index (χ1v) is 9.78. The normalized spacial score (nSPS) is 21.0. The molecule has 4 rings (SSSR count). The number of benzene rings is 1. The first-order chi connectivity index (χ1) is 12.2. The molecule has 132 valence electrons. The molecule has 2 fully saturated rings. The Bertz CT molecular complexity index is 735. The highest BCUT2D eigenvalue weighted by Gasteiger charge is 2.42. The van der Waals surface area contributed by atoms with Gasteiger partial charge in [0.15, 0.2) is 0 Å². The van der Waals surface area contributed by atoms with Crippen molar-refractivity contribution in [1.82, 2.24) is 4.90 Å². The van der Waals surface area contributed by atoms with Crippen LogP contribution in [0.3, 0.4) is 0 Å². The largest absolute Gasteiger partial charge is 0.363 e. The Hall–Kier alpha value is -1.69. The number of piperidine rings is 1. The molecule has 0 radical (unpaired) electrons. The van der Waals surface area contributed by atoms with E-state index in [4.69, 9.17) is 4.74 Å². The molecular formula is C20H24N2O2S. The van der Waals surface area contributed by atoms with Crippen LogP contribution >= 0.6 is 11.3 Å². The van der Waals surface area contributed by atoms with Crippen molar-refractivity contribution in [3.63, 3.8) is 0 Å². The zero-order chi connectivity index (χ0) is 17.3. The molecular weight excluding hydrogens is 332 g/mol. The fraction of sp³-hybridized carbons (Fsp3) is 0.450. The summed E-state index contributed by atoms with van der Waals surface area (Å²) in [5.41, 5.74) is 2.18. The van der Waals surface area contributed by atoms with Crippen LogP contribution in [-0.2, 0) is 16.1 Å². The SMILES string of the molecule is Cc1ccsc1CN1CCC2(CC1)CN(c1ccccc1)C(=O)CO2. The number of likely N-dealkylation sites (tertiary alicyclic amines) is 1. The molecule has 1 spiro atoms. The summed E-state index contributed by atoms with van der Waals surface area (Å²) < 4.78 is 6.06. The quantitative estimate of drug-likeness (QED) is 0.844. The van der Waals surface area contributed by atoms with Crippen molar-refractivity contribution in [2.24, 2.45) is 0 Å². The van der Waals surface area contributed by atoms with Crippen LogP contribution in [0.15, 0.2) is 41.8 Å². The molecule has 4 nitrogen and oxygen atoms in total. The number of carbonyl (C=O) groups is 1. The number of para-hydroxylation sites is 1. The van der Waals surface area contributed by atoms with Gasteiger partial charge >= 0.3 is 0 Å². The summed E-state index contributed by atoms with van der Waals surface area (Å²) in [5, 5.41) is 2.17. The van der Waals surface area contributed by atoms with Crippen molar-refractivity contribution in [2.75, 3.05) is 31.1 Å². The number of carbonyl (C=O) groups excluding carboxylic acids is 1. The molecule has 1 aromatic carbocycles. The van der Waals surface area contributed by atoms with E-state index in [1.54, 1.807) is 0 Å². The minimum atomic E-state index is -0.190. The monoisotopic (exact) mass is 356 g/mol. The van der Waals surface area contributed by atoms with Gasteiger partial charge < -0.3 is 9.64 Å². The summed E-state index contributed by atoms with van der Waals surface area (Å²) in [5.74, 6) is 0.0634. The van der Waals surface area contributed by atoms with Crippen LogP contribution in [-0.4, -0.2) is 42.6 Å². The van der Waals surface area contributed by atoms with Crippen LogP contribution in [0.4, 0.5) is 5.69 Å². The average molecular weight is 356 g/mol. The summed E-state index contributed by atoms with van der Waals surface area (Å²) in [4.78, 5) is 18.2. The van der Waals surface area contributed by atoms with E-state index in [1.165, 1.54) is 10.4 Å². The fourth-order valence-electron chi connectivity index (χ4n) is 3.75. The molecule has 3 heterocycles. The van der Waals surface area contributed by atoms with Crippen LogP contribution in [0.25, 0.3) is 0 Å². The van der Waals surface area contributed by atoms with Crippen LogP contribution in [0, 0.1) is 6.92 Å². The Morgan fingerprint density at radius 1 is 1.16 bits per heavy atom. The van der Waals surface area contributed by atoms with Gasteiger partial charge in [-0.1, -0.05) is 18.2 Å². The zero-order valence-corrected chi connectivity index (χ0v) is 15.4. The molecule has 2 aliphatic rings. The zero-order valence-electron chi connectivity index (χ0n) is 14.6. The molecule has 2 saturated heterocycles. The lowest BCUT2D eigenvalue weighted by atomic mass is 9.89. The van der Waals surface area contributed by atoms with E-state index in [1.807, 2.05) is 46.6 Å². The van der Waals surface area contributed by atoms with E-state index in [2.05, 4.69) is 23.3 Å².